The van der Waals surface area contributed by atoms with E-state index in [1.54, 1.807) is 30.6 Å². The van der Waals surface area contributed by atoms with Gasteiger partial charge in [-0.15, -0.1) is 0 Å². The summed E-state index contributed by atoms with van der Waals surface area (Å²) < 4.78 is 12.8. The Morgan fingerprint density at radius 3 is 2.40 bits per heavy atom. The average Bonchev–Trinajstić information content (AvgIpc) is 3.47. The molecule has 1 aliphatic rings. The lowest BCUT2D eigenvalue weighted by molar-refractivity contribution is 0.0944. The molecule has 3 aromatic rings. The molecule has 1 aliphatic carbocycles. The maximum atomic E-state index is 12.9. The van der Waals surface area contributed by atoms with E-state index in [1.807, 2.05) is 18.2 Å². The summed E-state index contributed by atoms with van der Waals surface area (Å²) in [4.78, 5) is 17.0. The van der Waals surface area contributed by atoms with Crippen molar-refractivity contribution < 1.29 is 14.3 Å². The van der Waals surface area contributed by atoms with Gasteiger partial charge in [0.25, 0.3) is 5.91 Å². The minimum atomic E-state index is -0.259. The lowest BCUT2D eigenvalue weighted by atomic mass is 10.1. The molecule has 7 heteroatoms. The van der Waals surface area contributed by atoms with Crippen molar-refractivity contribution in [1.82, 2.24) is 20.1 Å². The summed E-state index contributed by atoms with van der Waals surface area (Å²) in [5.74, 6) is 0.687. The fourth-order valence-electron chi connectivity index (χ4n) is 4.03. The zero-order valence-electron chi connectivity index (χ0n) is 17.3. The molecule has 1 amide bonds. The Bertz CT molecular complexity index is 988. The van der Waals surface area contributed by atoms with Gasteiger partial charge < -0.3 is 14.8 Å². The average molecular weight is 406 g/mol. The number of ether oxygens (including phenoxy) is 2. The molecule has 1 saturated carbocycles. The van der Waals surface area contributed by atoms with Crippen molar-refractivity contribution in [3.63, 3.8) is 0 Å². The first kappa shape index (κ1) is 19.9. The normalized spacial score (nSPS) is 13.9. The number of carbonyl (C=O) groups excluding carboxylic acids is 1. The highest BCUT2D eigenvalue weighted by atomic mass is 16.5. The largest absolute Gasteiger partial charge is 0.496 e. The van der Waals surface area contributed by atoms with Crippen LogP contribution in [0, 0.1) is 0 Å². The molecule has 1 fully saturated rings. The molecular weight excluding hydrogens is 380 g/mol. The topological polar surface area (TPSA) is 78.3 Å². The standard InChI is InChI=1S/C23H26N4O3/c1-29-20-8-5-9-21(30-2)22(20)23(28)25-15-17-14-19(16-10-12-24-13-11-16)27(26-17)18-6-3-4-7-18/h5,8-14,18H,3-4,6-7,15H2,1-2H3,(H,25,28). The summed E-state index contributed by atoms with van der Waals surface area (Å²) in [5, 5.41) is 7.80. The van der Waals surface area contributed by atoms with Crippen molar-refractivity contribution in [3.8, 4) is 22.8 Å². The van der Waals surface area contributed by atoms with Crippen LogP contribution in [-0.2, 0) is 6.54 Å². The first-order valence-corrected chi connectivity index (χ1v) is 10.2. The third kappa shape index (κ3) is 4.01. The van der Waals surface area contributed by atoms with Crippen LogP contribution in [-0.4, -0.2) is 34.9 Å². The maximum Gasteiger partial charge on any atom is 0.259 e. The van der Waals surface area contributed by atoms with Gasteiger partial charge in [-0.05, 0) is 43.2 Å². The third-order valence-corrected chi connectivity index (χ3v) is 5.52. The number of hydrogen-bond donors (Lipinski definition) is 1. The van der Waals surface area contributed by atoms with Crippen molar-refractivity contribution in [1.29, 1.82) is 0 Å². The van der Waals surface area contributed by atoms with Crippen molar-refractivity contribution in [2.45, 2.75) is 38.3 Å². The Morgan fingerprint density at radius 2 is 1.77 bits per heavy atom. The van der Waals surface area contributed by atoms with Crippen LogP contribution in [0.2, 0.25) is 0 Å². The second-order valence-corrected chi connectivity index (χ2v) is 7.36. The van der Waals surface area contributed by atoms with Crippen LogP contribution in [0.3, 0.4) is 0 Å². The molecule has 2 heterocycles. The Kier molecular flexibility index (Phi) is 5.97. The van der Waals surface area contributed by atoms with E-state index in [-0.39, 0.29) is 5.91 Å². The minimum Gasteiger partial charge on any atom is -0.496 e. The zero-order valence-corrected chi connectivity index (χ0v) is 17.3. The molecule has 0 saturated heterocycles. The number of rotatable bonds is 7. The summed E-state index contributed by atoms with van der Waals surface area (Å²) in [6.07, 6.45) is 8.28. The molecule has 0 radical (unpaired) electrons. The highest BCUT2D eigenvalue weighted by Crippen LogP contribution is 2.33. The summed E-state index contributed by atoms with van der Waals surface area (Å²) in [5.41, 5.74) is 3.33. The number of nitrogens with one attached hydrogen (secondary N) is 1. The van der Waals surface area contributed by atoms with E-state index in [1.165, 1.54) is 27.1 Å². The van der Waals surface area contributed by atoms with Crippen molar-refractivity contribution in [2.75, 3.05) is 14.2 Å². The number of carbonyl (C=O) groups is 1. The van der Waals surface area contributed by atoms with Crippen LogP contribution in [0.5, 0.6) is 11.5 Å². The van der Waals surface area contributed by atoms with Crippen molar-refractivity contribution in [2.24, 2.45) is 0 Å². The molecule has 0 aliphatic heterocycles. The van der Waals surface area contributed by atoms with Crippen LogP contribution in [0.4, 0.5) is 0 Å². The molecule has 2 aromatic heterocycles. The molecule has 156 valence electrons. The van der Waals surface area contributed by atoms with Gasteiger partial charge in [-0.25, -0.2) is 0 Å². The molecule has 30 heavy (non-hydrogen) atoms. The Morgan fingerprint density at radius 1 is 1.10 bits per heavy atom. The molecule has 4 rings (SSSR count). The number of nitrogens with zero attached hydrogens (tertiary/aromatic N) is 3. The Balaban J connectivity index is 1.58. The second-order valence-electron chi connectivity index (χ2n) is 7.36. The van der Waals surface area contributed by atoms with Gasteiger partial charge in [0, 0.05) is 18.0 Å². The summed E-state index contributed by atoms with van der Waals surface area (Å²) in [6.45, 7) is 0.317. The monoisotopic (exact) mass is 406 g/mol. The van der Waals surface area contributed by atoms with Gasteiger partial charge in [-0.2, -0.15) is 5.10 Å². The number of amides is 1. The fourth-order valence-corrected chi connectivity index (χ4v) is 4.03. The fraction of sp³-hybridized carbons (Fsp3) is 0.348. The molecule has 1 aromatic carbocycles. The highest BCUT2D eigenvalue weighted by molar-refractivity contribution is 5.99. The first-order valence-electron chi connectivity index (χ1n) is 10.2. The number of aromatic nitrogens is 3. The number of methoxy groups -OCH3 is 2. The number of hydrogen-bond acceptors (Lipinski definition) is 5. The summed E-state index contributed by atoms with van der Waals surface area (Å²) in [7, 11) is 3.08. The van der Waals surface area contributed by atoms with Crippen molar-refractivity contribution in [3.05, 3.63) is 60.0 Å². The number of pyridine rings is 1. The third-order valence-electron chi connectivity index (χ3n) is 5.52. The molecule has 0 unspecified atom stereocenters. The van der Waals surface area contributed by atoms with E-state index in [4.69, 9.17) is 14.6 Å². The van der Waals surface area contributed by atoms with E-state index in [2.05, 4.69) is 15.0 Å². The van der Waals surface area contributed by atoms with Crippen LogP contribution in [0.15, 0.2) is 48.8 Å². The lowest BCUT2D eigenvalue weighted by Gasteiger charge is -2.14. The van der Waals surface area contributed by atoms with E-state index in [0.717, 1.165) is 29.8 Å². The zero-order chi connectivity index (χ0) is 20.9. The molecular formula is C23H26N4O3. The quantitative estimate of drug-likeness (QED) is 0.641. The molecule has 0 bridgehead atoms. The van der Waals surface area contributed by atoms with Gasteiger partial charge >= 0.3 is 0 Å². The van der Waals surface area contributed by atoms with Gasteiger partial charge in [0.15, 0.2) is 0 Å². The smallest absolute Gasteiger partial charge is 0.259 e. The van der Waals surface area contributed by atoms with E-state index >= 15 is 0 Å². The van der Waals surface area contributed by atoms with Crippen molar-refractivity contribution >= 4 is 5.91 Å². The van der Waals surface area contributed by atoms with E-state index < -0.39 is 0 Å². The lowest BCUT2D eigenvalue weighted by Crippen LogP contribution is -2.24. The minimum absolute atomic E-state index is 0.259. The van der Waals surface area contributed by atoms with Gasteiger partial charge in [0.2, 0.25) is 0 Å². The van der Waals surface area contributed by atoms with Crippen LogP contribution >= 0.6 is 0 Å². The van der Waals surface area contributed by atoms with Crippen LogP contribution in [0.25, 0.3) is 11.3 Å². The Hall–Kier alpha value is -3.35. The van der Waals surface area contributed by atoms with Gasteiger partial charge in [0.1, 0.15) is 17.1 Å². The predicted molar refractivity (Wildman–Crippen MR) is 114 cm³/mol. The maximum absolute atomic E-state index is 12.9. The SMILES string of the molecule is COc1cccc(OC)c1C(=O)NCc1cc(-c2ccncc2)n(C2CCCC2)n1. The summed E-state index contributed by atoms with van der Waals surface area (Å²) in [6, 6.07) is 11.7. The second kappa shape index (κ2) is 8.98. The predicted octanol–water partition coefficient (Wildman–Crippen LogP) is 4.01. The first-order chi connectivity index (χ1) is 14.7. The van der Waals surface area contributed by atoms with Crippen LogP contribution < -0.4 is 14.8 Å². The molecule has 7 nitrogen and oxygen atoms in total. The number of benzene rings is 1. The van der Waals surface area contributed by atoms with Crippen LogP contribution in [0.1, 0.15) is 47.8 Å². The van der Waals surface area contributed by atoms with Gasteiger partial charge in [-0.1, -0.05) is 18.9 Å². The van der Waals surface area contributed by atoms with Gasteiger partial charge in [0.05, 0.1) is 38.2 Å². The molecule has 0 spiro atoms. The summed E-state index contributed by atoms with van der Waals surface area (Å²) >= 11 is 0. The molecule has 1 N–H and O–H groups in total. The molecule has 0 atom stereocenters. The van der Waals surface area contributed by atoms with Gasteiger partial charge in [-0.3, -0.25) is 14.5 Å². The Labute approximate surface area is 176 Å². The van der Waals surface area contributed by atoms with E-state index in [0.29, 0.717) is 29.6 Å². The van der Waals surface area contributed by atoms with E-state index in [9.17, 15) is 4.79 Å². The highest BCUT2D eigenvalue weighted by Gasteiger charge is 2.23.